The minimum absolute atomic E-state index is 0.0284. The van der Waals surface area contributed by atoms with E-state index in [4.69, 9.17) is 0 Å². The predicted octanol–water partition coefficient (Wildman–Crippen LogP) is 4.32. The van der Waals surface area contributed by atoms with E-state index < -0.39 is 48.5 Å². The Hall–Kier alpha value is -3.29. The number of thiazole rings is 1. The number of hydrogen-bond donors (Lipinski definition) is 1. The molecule has 3 aromatic heterocycles. The fraction of sp³-hybridized carbons (Fsp3) is 0.429. The Morgan fingerprint density at radius 1 is 1.20 bits per heavy atom. The minimum atomic E-state index is -4.59. The molecule has 0 bridgehead atoms. The molecule has 2 atom stereocenters. The molecule has 0 aliphatic carbocycles. The first kappa shape index (κ1) is 24.8. The molecule has 0 spiro atoms. The zero-order valence-corrected chi connectivity index (χ0v) is 19.4. The fourth-order valence-electron chi connectivity index (χ4n) is 3.92. The highest BCUT2D eigenvalue weighted by molar-refractivity contribution is 7.15. The number of aromatic nitrogens is 5. The molecule has 1 fully saturated rings. The molecule has 186 valence electrons. The molecule has 1 aliphatic rings. The van der Waals surface area contributed by atoms with Crippen molar-refractivity contribution in [1.82, 2.24) is 29.8 Å². The van der Waals surface area contributed by atoms with Crippen LogP contribution in [0.4, 0.5) is 27.9 Å². The molecule has 0 radical (unpaired) electrons. The van der Waals surface area contributed by atoms with Gasteiger partial charge in [0.25, 0.3) is 11.8 Å². The zero-order chi connectivity index (χ0) is 25.4. The molecular formula is C21H20F5N7OS. The highest BCUT2D eigenvalue weighted by Gasteiger charge is 2.47. The van der Waals surface area contributed by atoms with E-state index in [1.54, 1.807) is 19.9 Å². The Labute approximate surface area is 200 Å². The number of piperidine rings is 1. The summed E-state index contributed by atoms with van der Waals surface area (Å²) in [6.45, 7) is 2.39. The second-order valence-electron chi connectivity index (χ2n) is 8.19. The third kappa shape index (κ3) is 5.52. The van der Waals surface area contributed by atoms with Crippen LogP contribution in [0.5, 0.6) is 0 Å². The number of aryl methyl sites for hydroxylation is 1. The molecule has 1 amide bonds. The van der Waals surface area contributed by atoms with E-state index in [1.807, 2.05) is 0 Å². The summed E-state index contributed by atoms with van der Waals surface area (Å²) < 4.78 is 67.3. The maximum atomic E-state index is 14.5. The monoisotopic (exact) mass is 513 g/mol. The number of rotatable bonds is 5. The first-order valence-corrected chi connectivity index (χ1v) is 11.3. The van der Waals surface area contributed by atoms with Crippen LogP contribution >= 0.6 is 11.3 Å². The number of carbonyl (C=O) groups is 1. The van der Waals surface area contributed by atoms with Gasteiger partial charge in [0.1, 0.15) is 4.88 Å². The van der Waals surface area contributed by atoms with Crippen LogP contribution in [0.25, 0.3) is 10.7 Å². The topological polar surface area (TPSA) is 96.8 Å². The van der Waals surface area contributed by atoms with E-state index >= 15 is 0 Å². The van der Waals surface area contributed by atoms with Gasteiger partial charge in [-0.05, 0) is 18.9 Å². The van der Waals surface area contributed by atoms with Crippen molar-refractivity contribution in [3.05, 3.63) is 47.1 Å². The molecule has 2 unspecified atom stereocenters. The SMILES string of the molecule is Cc1nc(C(=O)N2CC(F)(F)CC(C)C2CNc2ncc(C(F)(F)F)cn2)c(-c2ncccn2)s1. The Bertz CT molecular complexity index is 1190. The summed E-state index contributed by atoms with van der Waals surface area (Å²) in [5.74, 6) is -4.32. The Morgan fingerprint density at radius 3 is 2.49 bits per heavy atom. The number of nitrogens with one attached hydrogen (secondary N) is 1. The van der Waals surface area contributed by atoms with Gasteiger partial charge in [0, 0.05) is 37.8 Å². The van der Waals surface area contributed by atoms with Crippen LogP contribution in [-0.4, -0.2) is 60.8 Å². The van der Waals surface area contributed by atoms with E-state index in [2.05, 4.69) is 30.2 Å². The van der Waals surface area contributed by atoms with E-state index in [9.17, 15) is 26.7 Å². The summed E-state index contributed by atoms with van der Waals surface area (Å²) in [7, 11) is 0. The van der Waals surface area contributed by atoms with Crippen molar-refractivity contribution >= 4 is 23.2 Å². The van der Waals surface area contributed by atoms with Crippen molar-refractivity contribution in [2.75, 3.05) is 18.4 Å². The number of alkyl halides is 5. The van der Waals surface area contributed by atoms with Gasteiger partial charge in [-0.3, -0.25) is 4.79 Å². The average Bonchev–Trinajstić information content (AvgIpc) is 3.19. The van der Waals surface area contributed by atoms with Gasteiger partial charge in [0.15, 0.2) is 11.5 Å². The van der Waals surface area contributed by atoms with Crippen molar-refractivity contribution < 1.29 is 26.7 Å². The van der Waals surface area contributed by atoms with Gasteiger partial charge in [0.2, 0.25) is 5.95 Å². The molecule has 8 nitrogen and oxygen atoms in total. The highest BCUT2D eigenvalue weighted by atomic mass is 32.1. The van der Waals surface area contributed by atoms with Gasteiger partial charge in [-0.25, -0.2) is 33.7 Å². The molecular weight excluding hydrogens is 493 g/mol. The van der Waals surface area contributed by atoms with Gasteiger partial charge in [0.05, 0.1) is 23.2 Å². The second kappa shape index (κ2) is 9.40. The molecule has 3 aromatic rings. The Kier molecular flexibility index (Phi) is 6.66. The summed E-state index contributed by atoms with van der Waals surface area (Å²) in [6, 6.07) is 0.885. The van der Waals surface area contributed by atoms with Gasteiger partial charge in [-0.15, -0.1) is 11.3 Å². The smallest absolute Gasteiger partial charge is 0.352 e. The van der Waals surface area contributed by atoms with Crippen LogP contribution in [0.1, 0.15) is 34.4 Å². The number of hydrogen-bond acceptors (Lipinski definition) is 8. The van der Waals surface area contributed by atoms with Crippen LogP contribution < -0.4 is 5.32 Å². The second-order valence-corrected chi connectivity index (χ2v) is 9.40. The largest absolute Gasteiger partial charge is 0.419 e. The van der Waals surface area contributed by atoms with Crippen LogP contribution in [0.3, 0.4) is 0 Å². The number of carbonyl (C=O) groups excluding carboxylic acids is 1. The van der Waals surface area contributed by atoms with Gasteiger partial charge in [-0.1, -0.05) is 6.92 Å². The standard InChI is InChI=1S/C21H20F5N7OS/c1-11-6-20(22,23)10-33(14(11)9-31-19-29-7-13(8-30-19)21(24,25)26)18(34)15-16(35-12(2)32-15)17-27-4-3-5-28-17/h3-5,7-8,11,14H,6,9-10H2,1-2H3,(H,29,30,31). The molecule has 4 rings (SSSR count). The van der Waals surface area contributed by atoms with Gasteiger partial charge in [-0.2, -0.15) is 13.2 Å². The maximum absolute atomic E-state index is 14.5. The summed E-state index contributed by atoms with van der Waals surface area (Å²) in [5.41, 5.74) is -1.04. The maximum Gasteiger partial charge on any atom is 0.419 e. The van der Waals surface area contributed by atoms with Gasteiger partial charge >= 0.3 is 6.18 Å². The van der Waals surface area contributed by atoms with E-state index in [0.29, 0.717) is 22.3 Å². The molecule has 0 aromatic carbocycles. The van der Waals surface area contributed by atoms with E-state index in [0.717, 1.165) is 4.90 Å². The molecule has 1 saturated heterocycles. The van der Waals surface area contributed by atoms with Crippen LogP contribution in [0, 0.1) is 12.8 Å². The highest BCUT2D eigenvalue weighted by Crippen LogP contribution is 2.37. The van der Waals surface area contributed by atoms with Crippen molar-refractivity contribution in [2.24, 2.45) is 5.92 Å². The number of anilines is 1. The lowest BCUT2D eigenvalue weighted by molar-refractivity contribution is -0.138. The third-order valence-corrected chi connectivity index (χ3v) is 6.46. The quantitative estimate of drug-likeness (QED) is 0.508. The molecule has 0 saturated carbocycles. The van der Waals surface area contributed by atoms with Crippen molar-refractivity contribution in [2.45, 2.75) is 38.4 Å². The normalized spacial score (nSPS) is 20.0. The number of likely N-dealkylation sites (tertiary alicyclic amines) is 1. The third-order valence-electron chi connectivity index (χ3n) is 5.49. The van der Waals surface area contributed by atoms with Gasteiger partial charge < -0.3 is 10.2 Å². The Balaban J connectivity index is 1.60. The van der Waals surface area contributed by atoms with Crippen molar-refractivity contribution in [3.63, 3.8) is 0 Å². The molecule has 14 heteroatoms. The lowest BCUT2D eigenvalue weighted by atomic mass is 9.88. The van der Waals surface area contributed by atoms with Crippen molar-refractivity contribution in [3.8, 4) is 10.7 Å². The lowest BCUT2D eigenvalue weighted by Gasteiger charge is -2.43. The van der Waals surface area contributed by atoms with E-state index in [-0.39, 0.29) is 24.0 Å². The average molecular weight is 513 g/mol. The Morgan fingerprint density at radius 2 is 1.86 bits per heavy atom. The number of nitrogens with zero attached hydrogens (tertiary/aromatic N) is 6. The van der Waals surface area contributed by atoms with Crippen molar-refractivity contribution in [1.29, 1.82) is 0 Å². The molecule has 35 heavy (non-hydrogen) atoms. The first-order valence-electron chi connectivity index (χ1n) is 10.5. The zero-order valence-electron chi connectivity index (χ0n) is 18.6. The summed E-state index contributed by atoms with van der Waals surface area (Å²) >= 11 is 1.18. The number of amides is 1. The summed E-state index contributed by atoms with van der Waals surface area (Å²) in [4.78, 5) is 34.8. The number of halogens is 5. The fourth-order valence-corrected chi connectivity index (χ4v) is 4.78. The lowest BCUT2D eigenvalue weighted by Crippen LogP contribution is -2.57. The van der Waals surface area contributed by atoms with E-state index in [1.165, 1.54) is 23.7 Å². The molecule has 4 heterocycles. The minimum Gasteiger partial charge on any atom is -0.352 e. The first-order chi connectivity index (χ1) is 16.4. The van der Waals surface area contributed by atoms with Crippen LogP contribution in [0.2, 0.25) is 0 Å². The summed E-state index contributed by atoms with van der Waals surface area (Å²) in [5, 5.41) is 3.31. The molecule has 1 aliphatic heterocycles. The van der Waals surface area contributed by atoms with Crippen LogP contribution in [0.15, 0.2) is 30.9 Å². The predicted molar refractivity (Wildman–Crippen MR) is 117 cm³/mol. The van der Waals surface area contributed by atoms with Crippen LogP contribution in [-0.2, 0) is 6.18 Å². The summed E-state index contributed by atoms with van der Waals surface area (Å²) in [6.07, 6.45) is -0.792. The molecule has 1 N–H and O–H groups in total.